The Bertz CT molecular complexity index is 679. The molecule has 1 fully saturated rings. The van der Waals surface area contributed by atoms with E-state index < -0.39 is 0 Å². The van der Waals surface area contributed by atoms with Gasteiger partial charge in [-0.1, -0.05) is 0 Å². The van der Waals surface area contributed by atoms with Crippen LogP contribution >= 0.6 is 0 Å². The second-order valence-corrected chi connectivity index (χ2v) is 5.08. The Kier molecular flexibility index (Phi) is 4.41. The normalized spacial score (nSPS) is 15.1. The topological polar surface area (TPSA) is 101 Å². The number of nitrogen functional groups attached to an aromatic ring is 1. The van der Waals surface area contributed by atoms with Crippen LogP contribution < -0.4 is 10.6 Å². The number of amides is 1. The van der Waals surface area contributed by atoms with Crippen molar-refractivity contribution in [3.63, 3.8) is 0 Å². The summed E-state index contributed by atoms with van der Waals surface area (Å²) in [5, 5.41) is 0. The number of nitrogens with zero attached hydrogens (tertiary/aromatic N) is 6. The molecule has 0 atom stereocenters. The van der Waals surface area contributed by atoms with Crippen molar-refractivity contribution < 1.29 is 4.79 Å². The van der Waals surface area contributed by atoms with Gasteiger partial charge in [-0.15, -0.1) is 0 Å². The van der Waals surface area contributed by atoms with E-state index in [1.54, 1.807) is 37.1 Å². The minimum Gasteiger partial charge on any atom is -0.368 e. The number of rotatable bonds is 3. The van der Waals surface area contributed by atoms with E-state index in [9.17, 15) is 4.79 Å². The molecule has 0 aliphatic carbocycles. The monoisotopic (exact) mass is 311 g/mol. The third-order valence-electron chi connectivity index (χ3n) is 3.58. The summed E-state index contributed by atoms with van der Waals surface area (Å²) in [7, 11) is 0. The first-order chi connectivity index (χ1) is 11.2. The second-order valence-electron chi connectivity index (χ2n) is 5.08. The van der Waals surface area contributed by atoms with Crippen molar-refractivity contribution in [2.24, 2.45) is 0 Å². The highest BCUT2D eigenvalue weighted by atomic mass is 16.2. The lowest BCUT2D eigenvalue weighted by molar-refractivity contribution is -0.126. The Morgan fingerprint density at radius 1 is 1.04 bits per heavy atom. The summed E-state index contributed by atoms with van der Waals surface area (Å²) in [5.74, 6) is 1.03. The molecule has 0 bridgehead atoms. The zero-order chi connectivity index (χ0) is 16.1. The summed E-state index contributed by atoms with van der Waals surface area (Å²) >= 11 is 0. The van der Waals surface area contributed by atoms with Gasteiger partial charge in [0.1, 0.15) is 5.82 Å². The molecule has 0 saturated carbocycles. The highest BCUT2D eigenvalue weighted by Crippen LogP contribution is 2.12. The standard InChI is InChI=1S/C15H17N7O/c16-15-19-9-12(10-20-15)1-2-14(23)22-7-5-21(6-8-22)13-11-17-3-4-18-13/h1-4,9-11H,5-8H2,(H2,16,19,20)/b2-1+. The van der Waals surface area contributed by atoms with Gasteiger partial charge < -0.3 is 15.5 Å². The fourth-order valence-corrected chi connectivity index (χ4v) is 2.32. The highest BCUT2D eigenvalue weighted by molar-refractivity contribution is 5.91. The molecule has 0 radical (unpaired) electrons. The van der Waals surface area contributed by atoms with Crippen LogP contribution in [-0.4, -0.2) is 56.9 Å². The Hall–Kier alpha value is -3.03. The lowest BCUT2D eigenvalue weighted by Gasteiger charge is -2.34. The van der Waals surface area contributed by atoms with Gasteiger partial charge in [-0.05, 0) is 6.08 Å². The van der Waals surface area contributed by atoms with Crippen LogP contribution in [0.3, 0.4) is 0 Å². The molecule has 1 saturated heterocycles. The number of piperazine rings is 1. The lowest BCUT2D eigenvalue weighted by atomic mass is 10.2. The van der Waals surface area contributed by atoms with Crippen LogP contribution in [0.25, 0.3) is 6.08 Å². The molecule has 118 valence electrons. The quantitative estimate of drug-likeness (QED) is 0.809. The van der Waals surface area contributed by atoms with Crippen molar-refractivity contribution in [3.05, 3.63) is 42.6 Å². The number of hydrogen-bond acceptors (Lipinski definition) is 7. The van der Waals surface area contributed by atoms with Crippen LogP contribution in [0.5, 0.6) is 0 Å². The van der Waals surface area contributed by atoms with Crippen molar-refractivity contribution in [3.8, 4) is 0 Å². The van der Waals surface area contributed by atoms with Gasteiger partial charge in [0, 0.05) is 62.6 Å². The molecule has 2 aromatic heterocycles. The van der Waals surface area contributed by atoms with Crippen LogP contribution in [-0.2, 0) is 4.79 Å². The van der Waals surface area contributed by atoms with Gasteiger partial charge in [-0.25, -0.2) is 15.0 Å². The Morgan fingerprint density at radius 2 is 1.78 bits per heavy atom. The number of nitrogens with two attached hydrogens (primary N) is 1. The summed E-state index contributed by atoms with van der Waals surface area (Å²) in [5.41, 5.74) is 6.17. The second kappa shape index (κ2) is 6.82. The zero-order valence-corrected chi connectivity index (χ0v) is 12.5. The molecule has 3 heterocycles. The zero-order valence-electron chi connectivity index (χ0n) is 12.5. The maximum atomic E-state index is 12.2. The number of aromatic nitrogens is 4. The molecule has 0 unspecified atom stereocenters. The molecule has 0 aromatic carbocycles. The molecule has 2 aromatic rings. The van der Waals surface area contributed by atoms with Gasteiger partial charge in [0.2, 0.25) is 11.9 Å². The first-order valence-corrected chi connectivity index (χ1v) is 7.28. The minimum absolute atomic E-state index is 0.0272. The summed E-state index contributed by atoms with van der Waals surface area (Å²) < 4.78 is 0. The van der Waals surface area contributed by atoms with E-state index >= 15 is 0 Å². The van der Waals surface area contributed by atoms with Crippen LogP contribution in [0.15, 0.2) is 37.1 Å². The Balaban J connectivity index is 1.55. The predicted molar refractivity (Wildman–Crippen MR) is 86.3 cm³/mol. The van der Waals surface area contributed by atoms with E-state index in [-0.39, 0.29) is 11.9 Å². The largest absolute Gasteiger partial charge is 0.368 e. The lowest BCUT2D eigenvalue weighted by Crippen LogP contribution is -2.48. The molecule has 3 rings (SSSR count). The summed E-state index contributed by atoms with van der Waals surface area (Å²) in [6, 6.07) is 0. The van der Waals surface area contributed by atoms with Crippen LogP contribution in [0.1, 0.15) is 5.56 Å². The van der Waals surface area contributed by atoms with Crippen LogP contribution in [0.4, 0.5) is 11.8 Å². The number of hydrogen-bond donors (Lipinski definition) is 1. The third kappa shape index (κ3) is 3.79. The molecule has 1 amide bonds. The molecule has 1 aliphatic rings. The maximum absolute atomic E-state index is 12.2. The average Bonchev–Trinajstić information content (AvgIpc) is 2.62. The number of carbonyl (C=O) groups is 1. The van der Waals surface area contributed by atoms with Crippen molar-refractivity contribution in [2.75, 3.05) is 36.8 Å². The molecule has 1 aliphatic heterocycles. The predicted octanol–water partition coefficient (Wildman–Crippen LogP) is 0.211. The SMILES string of the molecule is Nc1ncc(/C=C/C(=O)N2CCN(c3cnccn3)CC2)cn1. The third-order valence-corrected chi connectivity index (χ3v) is 3.58. The molecule has 2 N–H and O–H groups in total. The van der Waals surface area contributed by atoms with Gasteiger partial charge >= 0.3 is 0 Å². The summed E-state index contributed by atoms with van der Waals surface area (Å²) in [6.07, 6.45) is 11.4. The van der Waals surface area contributed by atoms with Gasteiger partial charge in [0.15, 0.2) is 0 Å². The van der Waals surface area contributed by atoms with Crippen molar-refractivity contribution in [2.45, 2.75) is 0 Å². The van der Waals surface area contributed by atoms with Gasteiger partial charge in [-0.2, -0.15) is 0 Å². The first kappa shape index (κ1) is 14.9. The number of anilines is 2. The summed E-state index contributed by atoms with van der Waals surface area (Å²) in [4.78, 5) is 32.2. The fraction of sp³-hybridized carbons (Fsp3) is 0.267. The molecule has 8 nitrogen and oxygen atoms in total. The smallest absolute Gasteiger partial charge is 0.246 e. The van der Waals surface area contributed by atoms with Gasteiger partial charge in [0.25, 0.3) is 0 Å². The average molecular weight is 311 g/mol. The van der Waals surface area contributed by atoms with Gasteiger partial charge in [-0.3, -0.25) is 9.78 Å². The molecule has 0 spiro atoms. The summed E-state index contributed by atoms with van der Waals surface area (Å²) in [6.45, 7) is 2.78. The molecular formula is C15H17N7O. The molecule has 8 heteroatoms. The van der Waals surface area contributed by atoms with E-state index in [0.717, 1.165) is 24.5 Å². The van der Waals surface area contributed by atoms with Gasteiger partial charge in [0.05, 0.1) is 6.20 Å². The highest BCUT2D eigenvalue weighted by Gasteiger charge is 2.20. The van der Waals surface area contributed by atoms with Crippen LogP contribution in [0, 0.1) is 0 Å². The van der Waals surface area contributed by atoms with E-state index in [1.807, 2.05) is 4.90 Å². The Morgan fingerprint density at radius 3 is 2.43 bits per heavy atom. The van der Waals surface area contributed by atoms with E-state index in [1.165, 1.54) is 6.08 Å². The number of carbonyl (C=O) groups excluding carboxylic acids is 1. The van der Waals surface area contributed by atoms with Crippen molar-refractivity contribution in [1.29, 1.82) is 0 Å². The molecule has 23 heavy (non-hydrogen) atoms. The first-order valence-electron chi connectivity index (χ1n) is 7.28. The van der Waals surface area contributed by atoms with E-state index in [2.05, 4.69) is 24.8 Å². The van der Waals surface area contributed by atoms with Crippen LogP contribution in [0.2, 0.25) is 0 Å². The molecular weight excluding hydrogens is 294 g/mol. The van der Waals surface area contributed by atoms with E-state index in [4.69, 9.17) is 5.73 Å². The minimum atomic E-state index is -0.0272. The Labute approximate surface area is 133 Å². The van der Waals surface area contributed by atoms with Crippen molar-refractivity contribution in [1.82, 2.24) is 24.8 Å². The van der Waals surface area contributed by atoms with Crippen molar-refractivity contribution >= 4 is 23.7 Å². The fourth-order valence-electron chi connectivity index (χ4n) is 2.32. The maximum Gasteiger partial charge on any atom is 0.246 e. The van der Waals surface area contributed by atoms with E-state index in [0.29, 0.717) is 13.1 Å².